The van der Waals surface area contributed by atoms with Gasteiger partial charge in [0.05, 0.1) is 0 Å². The van der Waals surface area contributed by atoms with E-state index in [1.165, 1.54) is 6.39 Å². The van der Waals surface area contributed by atoms with Crippen LogP contribution in [0.4, 0.5) is 0 Å². The van der Waals surface area contributed by atoms with Crippen molar-refractivity contribution in [3.8, 4) is 0 Å². The summed E-state index contributed by atoms with van der Waals surface area (Å²) in [5.74, 6) is -0.217. The van der Waals surface area contributed by atoms with Gasteiger partial charge in [-0.05, 0) is 48.7 Å². The molecule has 0 saturated carbocycles. The topological polar surface area (TPSA) is 80.4 Å². The molecule has 7 nitrogen and oxygen atoms in total. The Bertz CT molecular complexity index is 1210. The average Bonchev–Trinajstić information content (AvgIpc) is 3.46. The van der Waals surface area contributed by atoms with Gasteiger partial charge in [0.15, 0.2) is 12.0 Å². The number of benzene rings is 2. The number of nitrogens with zero attached hydrogens (tertiary/aromatic N) is 3. The van der Waals surface area contributed by atoms with Crippen LogP contribution in [0, 0.1) is 0 Å². The Balaban J connectivity index is 1.48. The maximum atomic E-state index is 13.2. The fourth-order valence-electron chi connectivity index (χ4n) is 3.82. The molecule has 1 N–H and O–H groups in total. The highest BCUT2D eigenvalue weighted by Gasteiger charge is 2.22. The monoisotopic (exact) mass is 430 g/mol. The summed E-state index contributed by atoms with van der Waals surface area (Å²) in [6, 6.07) is 18.8. The van der Waals surface area contributed by atoms with E-state index in [9.17, 15) is 9.59 Å². The first-order valence-corrected chi connectivity index (χ1v) is 10.6. The van der Waals surface area contributed by atoms with Crippen LogP contribution in [0.25, 0.3) is 11.1 Å². The van der Waals surface area contributed by atoms with Crippen molar-refractivity contribution in [1.82, 2.24) is 19.8 Å². The molecule has 2 heterocycles. The molecule has 4 aromatic rings. The minimum atomic E-state index is -0.124. The van der Waals surface area contributed by atoms with Crippen molar-refractivity contribution in [2.24, 2.45) is 7.05 Å². The van der Waals surface area contributed by atoms with Gasteiger partial charge in [-0.25, -0.2) is 4.98 Å². The summed E-state index contributed by atoms with van der Waals surface area (Å²) in [7, 11) is 3.65. The van der Waals surface area contributed by atoms with E-state index in [0.29, 0.717) is 41.7 Å². The normalized spacial score (nSPS) is 11.9. The summed E-state index contributed by atoms with van der Waals surface area (Å²) in [5, 5.41) is 2.98. The molecule has 1 atom stereocenters. The Morgan fingerprint density at radius 2 is 1.94 bits per heavy atom. The number of hydrogen-bond acceptors (Lipinski definition) is 4. The molecule has 4 rings (SSSR count). The van der Waals surface area contributed by atoms with Gasteiger partial charge in [-0.2, -0.15) is 0 Å². The van der Waals surface area contributed by atoms with Crippen molar-refractivity contribution in [3.05, 3.63) is 90.1 Å². The summed E-state index contributed by atoms with van der Waals surface area (Å²) in [4.78, 5) is 31.6. The first kappa shape index (κ1) is 21.4. The van der Waals surface area contributed by atoms with Gasteiger partial charge in [0.2, 0.25) is 0 Å². The zero-order chi connectivity index (χ0) is 22.5. The number of fused-ring (bicyclic) bond motifs is 1. The minimum Gasteiger partial charge on any atom is -0.443 e. The Kier molecular flexibility index (Phi) is 6.35. The van der Waals surface area contributed by atoms with E-state index in [-0.39, 0.29) is 17.9 Å². The second kappa shape index (κ2) is 9.51. The fourth-order valence-corrected chi connectivity index (χ4v) is 3.82. The lowest BCUT2D eigenvalue weighted by atomic mass is 10.0. The van der Waals surface area contributed by atoms with Crippen molar-refractivity contribution in [1.29, 1.82) is 0 Å². The zero-order valence-electron chi connectivity index (χ0n) is 18.2. The van der Waals surface area contributed by atoms with Crippen LogP contribution in [0.1, 0.15) is 32.8 Å². The lowest BCUT2D eigenvalue weighted by Crippen LogP contribution is -2.41. The van der Waals surface area contributed by atoms with Gasteiger partial charge in [0, 0.05) is 38.4 Å². The molecule has 0 spiro atoms. The molecule has 2 aromatic heterocycles. The number of carbonyl (C=O) groups is 2. The molecule has 2 aromatic carbocycles. The highest BCUT2D eigenvalue weighted by atomic mass is 16.3. The van der Waals surface area contributed by atoms with Crippen molar-refractivity contribution in [2.45, 2.75) is 18.9 Å². The number of amides is 2. The van der Waals surface area contributed by atoms with E-state index in [1.54, 1.807) is 33.7 Å². The number of aromatic nitrogens is 2. The summed E-state index contributed by atoms with van der Waals surface area (Å²) in [6.45, 7) is 0.460. The molecule has 0 radical (unpaired) electrons. The van der Waals surface area contributed by atoms with Crippen LogP contribution in [0.15, 0.2) is 77.7 Å². The minimum absolute atomic E-state index is 0.0911. The van der Waals surface area contributed by atoms with Gasteiger partial charge >= 0.3 is 0 Å². The SMILES string of the molecule is CN(C(=O)c1ccc2ocnc2c1)[C@H](CCNC(=O)c1cccn1C)Cc1ccccc1. The van der Waals surface area contributed by atoms with Crippen LogP contribution in [0.2, 0.25) is 0 Å². The molecule has 32 heavy (non-hydrogen) atoms. The van der Waals surface area contributed by atoms with Crippen LogP contribution >= 0.6 is 0 Å². The lowest BCUT2D eigenvalue weighted by Gasteiger charge is -2.29. The standard InChI is InChI=1S/C25H26N4O3/c1-28-14-6-9-22(28)24(30)26-13-12-20(15-18-7-4-3-5-8-18)29(2)25(31)19-10-11-23-21(16-19)27-17-32-23/h3-11,14,16-17,20H,12-13,15H2,1-2H3,(H,26,30)/t20-/m1/s1. The molecule has 0 aliphatic rings. The smallest absolute Gasteiger partial charge is 0.267 e. The van der Waals surface area contributed by atoms with Gasteiger partial charge in [0.1, 0.15) is 11.2 Å². The fraction of sp³-hybridized carbons (Fsp3) is 0.240. The maximum Gasteiger partial charge on any atom is 0.267 e. The van der Waals surface area contributed by atoms with E-state index < -0.39 is 0 Å². The van der Waals surface area contributed by atoms with E-state index in [2.05, 4.69) is 22.4 Å². The highest BCUT2D eigenvalue weighted by molar-refractivity contribution is 5.97. The van der Waals surface area contributed by atoms with Crippen molar-refractivity contribution in [3.63, 3.8) is 0 Å². The molecule has 164 valence electrons. The largest absolute Gasteiger partial charge is 0.443 e. The predicted molar refractivity (Wildman–Crippen MR) is 122 cm³/mol. The van der Waals surface area contributed by atoms with Crippen molar-refractivity contribution in [2.75, 3.05) is 13.6 Å². The zero-order valence-corrected chi connectivity index (χ0v) is 18.2. The second-order valence-electron chi connectivity index (χ2n) is 7.84. The van der Waals surface area contributed by atoms with Crippen molar-refractivity contribution >= 4 is 22.9 Å². The molecule has 0 aliphatic heterocycles. The molecular weight excluding hydrogens is 404 g/mol. The van der Waals surface area contributed by atoms with Gasteiger partial charge in [-0.1, -0.05) is 30.3 Å². The van der Waals surface area contributed by atoms with Crippen molar-refractivity contribution < 1.29 is 14.0 Å². The first-order valence-electron chi connectivity index (χ1n) is 10.6. The molecule has 0 saturated heterocycles. The van der Waals surface area contributed by atoms with Gasteiger partial charge in [-0.3, -0.25) is 9.59 Å². The lowest BCUT2D eigenvalue weighted by molar-refractivity contribution is 0.0723. The van der Waals surface area contributed by atoms with Gasteiger partial charge < -0.3 is 19.2 Å². The molecule has 0 aliphatic carbocycles. The van der Waals surface area contributed by atoms with E-state index >= 15 is 0 Å². The third-order valence-corrected chi connectivity index (χ3v) is 5.70. The summed E-state index contributed by atoms with van der Waals surface area (Å²) in [6.07, 6.45) is 4.52. The van der Waals surface area contributed by atoms with Crippen LogP contribution in [0.5, 0.6) is 0 Å². The Labute approximate surface area is 186 Å². The van der Waals surface area contributed by atoms with E-state index in [4.69, 9.17) is 4.42 Å². The van der Waals surface area contributed by atoms with Crippen LogP contribution in [-0.4, -0.2) is 45.9 Å². The molecule has 2 amide bonds. The first-order chi connectivity index (χ1) is 15.5. The van der Waals surface area contributed by atoms with Crippen LogP contribution in [0.3, 0.4) is 0 Å². The Hall–Kier alpha value is -3.87. The number of carbonyl (C=O) groups excluding carboxylic acids is 2. The highest BCUT2D eigenvalue weighted by Crippen LogP contribution is 2.18. The molecule has 7 heteroatoms. The molecule has 0 unspecified atom stereocenters. The maximum absolute atomic E-state index is 13.2. The summed E-state index contributed by atoms with van der Waals surface area (Å²) >= 11 is 0. The predicted octanol–water partition coefficient (Wildman–Crippen LogP) is 3.67. The summed E-state index contributed by atoms with van der Waals surface area (Å²) in [5.41, 5.74) is 3.60. The molecule has 0 fully saturated rings. The van der Waals surface area contributed by atoms with Crippen LogP contribution < -0.4 is 5.32 Å². The third-order valence-electron chi connectivity index (χ3n) is 5.70. The number of nitrogens with one attached hydrogen (secondary N) is 1. The molecule has 0 bridgehead atoms. The number of aryl methyl sites for hydroxylation is 1. The van der Waals surface area contributed by atoms with E-state index in [1.807, 2.05) is 44.6 Å². The number of rotatable bonds is 8. The third kappa shape index (κ3) is 4.72. The second-order valence-corrected chi connectivity index (χ2v) is 7.84. The van der Waals surface area contributed by atoms with E-state index in [0.717, 1.165) is 5.56 Å². The number of oxazole rings is 1. The van der Waals surface area contributed by atoms with Gasteiger partial charge in [-0.15, -0.1) is 0 Å². The van der Waals surface area contributed by atoms with Crippen LogP contribution in [-0.2, 0) is 13.5 Å². The average molecular weight is 431 g/mol. The molecular formula is C25H26N4O3. The Morgan fingerprint density at radius 1 is 1.12 bits per heavy atom. The number of hydrogen-bond donors (Lipinski definition) is 1. The number of likely N-dealkylation sites (N-methyl/N-ethyl adjacent to an activating group) is 1. The van der Waals surface area contributed by atoms with Gasteiger partial charge in [0.25, 0.3) is 11.8 Å². The quantitative estimate of drug-likeness (QED) is 0.463. The Morgan fingerprint density at radius 3 is 2.69 bits per heavy atom. The summed E-state index contributed by atoms with van der Waals surface area (Å²) < 4.78 is 7.06.